The van der Waals surface area contributed by atoms with Gasteiger partial charge in [-0.1, -0.05) is 48.6 Å². The molecule has 24 heavy (non-hydrogen) atoms. The van der Waals surface area contributed by atoms with Gasteiger partial charge in [0, 0.05) is 5.69 Å². The Morgan fingerprint density at radius 1 is 0.958 bits per heavy atom. The van der Waals surface area contributed by atoms with Crippen molar-refractivity contribution in [3.63, 3.8) is 0 Å². The number of hydrogen-bond donors (Lipinski definition) is 3. The topological polar surface area (TPSA) is 130 Å². The molecule has 7 nitrogen and oxygen atoms in total. The summed E-state index contributed by atoms with van der Waals surface area (Å²) in [6.07, 6.45) is 3.39. The van der Waals surface area contributed by atoms with Crippen molar-refractivity contribution in [3.05, 3.63) is 80.4 Å². The number of nitrogen functional groups attached to an aromatic ring is 1. The van der Waals surface area contributed by atoms with Gasteiger partial charge in [0.1, 0.15) is 4.90 Å². The van der Waals surface area contributed by atoms with Crippen molar-refractivity contribution >= 4 is 28.0 Å². The largest absolute Gasteiger partial charge is 0.399 e. The van der Waals surface area contributed by atoms with E-state index in [9.17, 15) is 22.6 Å². The van der Waals surface area contributed by atoms with E-state index in [0.29, 0.717) is 5.56 Å². The number of hydrogen-bond acceptors (Lipinski definition) is 5. The van der Waals surface area contributed by atoms with Crippen molar-refractivity contribution in [2.45, 2.75) is 4.90 Å². The van der Waals surface area contributed by atoms with Crippen molar-refractivity contribution in [1.29, 1.82) is 0 Å². The number of anilines is 1. The van der Waals surface area contributed by atoms with Gasteiger partial charge in [-0.25, -0.2) is 0 Å². The number of aromatic amines is 1. The van der Waals surface area contributed by atoms with Crippen molar-refractivity contribution in [1.82, 2.24) is 4.98 Å². The van der Waals surface area contributed by atoms with E-state index in [-0.39, 0.29) is 10.6 Å². The summed E-state index contributed by atoms with van der Waals surface area (Å²) in [4.78, 5) is 20.6. The molecule has 8 heteroatoms. The summed E-state index contributed by atoms with van der Waals surface area (Å²) in [6, 6.07) is 13.8. The summed E-state index contributed by atoms with van der Waals surface area (Å²) in [7, 11) is -4.29. The first kappa shape index (κ1) is 17.4. The maximum absolute atomic E-state index is 11.3. The summed E-state index contributed by atoms with van der Waals surface area (Å²) in [5, 5.41) is 0. The molecule has 3 aromatic rings. The fourth-order valence-electron chi connectivity index (χ4n) is 1.73. The lowest BCUT2D eigenvalue weighted by Gasteiger charge is -2.04. The molecular formula is C16H14N2O5S. The van der Waals surface area contributed by atoms with E-state index in [0.717, 1.165) is 5.56 Å². The van der Waals surface area contributed by atoms with Gasteiger partial charge in [-0.05, 0) is 23.3 Å². The SMILES string of the molecule is Nc1ccc(C=Cc2ccccc2)c(S(=O)(=O)O)c1.O=c1[nH]c1=O. The summed E-state index contributed by atoms with van der Waals surface area (Å²) < 4.78 is 31.7. The summed E-state index contributed by atoms with van der Waals surface area (Å²) >= 11 is 0. The van der Waals surface area contributed by atoms with Crippen LogP contribution in [0.1, 0.15) is 11.1 Å². The molecule has 0 fully saturated rings. The monoisotopic (exact) mass is 346 g/mol. The van der Waals surface area contributed by atoms with Crippen LogP contribution in [0.2, 0.25) is 0 Å². The molecule has 3 rings (SSSR count). The zero-order chi connectivity index (χ0) is 17.7. The van der Waals surface area contributed by atoms with Gasteiger partial charge in [0.15, 0.2) is 0 Å². The molecule has 0 unspecified atom stereocenters. The van der Waals surface area contributed by atoms with Crippen LogP contribution in [-0.2, 0) is 10.1 Å². The molecule has 0 aliphatic carbocycles. The number of aromatic nitrogens is 1. The Balaban J connectivity index is 0.000000355. The minimum absolute atomic E-state index is 0.195. The molecule has 0 atom stereocenters. The van der Waals surface area contributed by atoms with E-state index in [1.807, 2.05) is 35.3 Å². The molecule has 0 aliphatic rings. The van der Waals surface area contributed by atoms with Gasteiger partial charge in [-0.2, -0.15) is 8.42 Å². The van der Waals surface area contributed by atoms with Crippen LogP contribution < -0.4 is 16.9 Å². The van der Waals surface area contributed by atoms with Gasteiger partial charge in [0.2, 0.25) is 0 Å². The summed E-state index contributed by atoms with van der Waals surface area (Å²) in [5.74, 6) is 0. The third kappa shape index (κ3) is 5.04. The highest BCUT2D eigenvalue weighted by molar-refractivity contribution is 7.86. The number of rotatable bonds is 3. The Bertz CT molecular complexity index is 1010. The highest BCUT2D eigenvalue weighted by Crippen LogP contribution is 2.21. The lowest BCUT2D eigenvalue weighted by Crippen LogP contribution is -2.02. The maximum Gasteiger partial charge on any atom is 0.316 e. The Hall–Kier alpha value is -2.97. The molecule has 1 aromatic heterocycles. The number of nitrogens with two attached hydrogens (primary N) is 1. The van der Waals surface area contributed by atoms with E-state index in [2.05, 4.69) is 0 Å². The van der Waals surface area contributed by atoms with Gasteiger partial charge >= 0.3 is 11.1 Å². The molecule has 0 radical (unpaired) electrons. The average molecular weight is 346 g/mol. The first-order chi connectivity index (χ1) is 11.3. The summed E-state index contributed by atoms with van der Waals surface area (Å²) in [6.45, 7) is 0. The number of H-pyrrole nitrogens is 1. The Labute approximate surface area is 137 Å². The van der Waals surface area contributed by atoms with Crippen LogP contribution in [0.5, 0.6) is 0 Å². The van der Waals surface area contributed by atoms with Crippen LogP contribution >= 0.6 is 0 Å². The second-order valence-electron chi connectivity index (χ2n) is 4.80. The molecule has 0 amide bonds. The maximum atomic E-state index is 11.3. The van der Waals surface area contributed by atoms with Crippen molar-refractivity contribution in [2.75, 3.05) is 5.73 Å². The van der Waals surface area contributed by atoms with Crippen LogP contribution in [0.25, 0.3) is 12.2 Å². The van der Waals surface area contributed by atoms with Crippen LogP contribution in [0.4, 0.5) is 5.69 Å². The van der Waals surface area contributed by atoms with Crippen LogP contribution in [0.15, 0.2) is 63.0 Å². The highest BCUT2D eigenvalue weighted by atomic mass is 32.2. The zero-order valence-electron chi connectivity index (χ0n) is 12.3. The lowest BCUT2D eigenvalue weighted by molar-refractivity contribution is 0.483. The van der Waals surface area contributed by atoms with Gasteiger partial charge in [-0.15, -0.1) is 0 Å². The number of benzene rings is 2. The van der Waals surface area contributed by atoms with E-state index in [1.54, 1.807) is 24.3 Å². The van der Waals surface area contributed by atoms with E-state index in [1.165, 1.54) is 6.07 Å². The second kappa shape index (κ2) is 7.07. The number of nitrogens with one attached hydrogen (secondary N) is 1. The standard InChI is InChI=1S/C14H13NO3S.C2HNO2/c15-13-9-8-12(14(10-13)19(16,17)18)7-6-11-4-2-1-3-5-11;4-1-2(5)3-1/h1-10H,15H2,(H,16,17,18);(H,3,4,5). The van der Waals surface area contributed by atoms with Crippen LogP contribution in [0.3, 0.4) is 0 Å². The fraction of sp³-hybridized carbons (Fsp3) is 0. The molecule has 4 N–H and O–H groups in total. The van der Waals surface area contributed by atoms with E-state index < -0.39 is 21.2 Å². The van der Waals surface area contributed by atoms with Gasteiger partial charge in [0.05, 0.1) is 0 Å². The average Bonchev–Trinajstić information content (AvgIpc) is 3.19. The third-order valence-corrected chi connectivity index (χ3v) is 3.85. The molecule has 124 valence electrons. The molecular weight excluding hydrogens is 332 g/mol. The van der Waals surface area contributed by atoms with Gasteiger partial charge in [0.25, 0.3) is 10.1 Å². The smallest absolute Gasteiger partial charge is 0.316 e. The van der Waals surface area contributed by atoms with Crippen LogP contribution in [-0.4, -0.2) is 18.0 Å². The Morgan fingerprint density at radius 3 is 2.04 bits per heavy atom. The van der Waals surface area contributed by atoms with Gasteiger partial charge in [-0.3, -0.25) is 19.1 Å². The van der Waals surface area contributed by atoms with Crippen molar-refractivity contribution < 1.29 is 13.0 Å². The molecule has 2 aromatic carbocycles. The fourth-order valence-corrected chi connectivity index (χ4v) is 2.45. The molecule has 0 aliphatic heterocycles. The zero-order valence-corrected chi connectivity index (χ0v) is 13.2. The molecule has 1 heterocycles. The second-order valence-corrected chi connectivity index (χ2v) is 6.19. The first-order valence-corrected chi connectivity index (χ1v) is 8.17. The minimum Gasteiger partial charge on any atom is -0.399 e. The predicted molar refractivity (Wildman–Crippen MR) is 91.7 cm³/mol. The predicted octanol–water partition coefficient (Wildman–Crippen LogP) is 1.30. The Morgan fingerprint density at radius 2 is 1.54 bits per heavy atom. The van der Waals surface area contributed by atoms with Gasteiger partial charge < -0.3 is 5.73 Å². The van der Waals surface area contributed by atoms with E-state index in [4.69, 9.17) is 5.73 Å². The third-order valence-electron chi connectivity index (χ3n) is 2.94. The van der Waals surface area contributed by atoms with E-state index >= 15 is 0 Å². The van der Waals surface area contributed by atoms with Crippen molar-refractivity contribution in [3.8, 4) is 0 Å². The first-order valence-electron chi connectivity index (χ1n) is 6.73. The van der Waals surface area contributed by atoms with Crippen LogP contribution in [0, 0.1) is 0 Å². The molecule has 0 spiro atoms. The molecule has 0 saturated carbocycles. The minimum atomic E-state index is -4.29. The Kier molecular flexibility index (Phi) is 5.12. The normalized spacial score (nSPS) is 11.4. The molecule has 0 saturated heterocycles. The highest BCUT2D eigenvalue weighted by Gasteiger charge is 2.13. The lowest BCUT2D eigenvalue weighted by atomic mass is 10.1. The molecule has 0 bridgehead atoms. The van der Waals surface area contributed by atoms with Crippen molar-refractivity contribution in [2.24, 2.45) is 0 Å². The summed E-state index contributed by atoms with van der Waals surface area (Å²) in [5.41, 5.74) is 6.20. The quantitative estimate of drug-likeness (QED) is 0.283.